The number of carbonyl (C=O) groups is 1. The van der Waals surface area contributed by atoms with Gasteiger partial charge in [0.05, 0.1) is 12.2 Å². The standard InChI is InChI=1S/C28H42O4/c1-19-12-14-28-15-13-22(31-6)24(28)27(19,4)23(32-18-30-5)17-26(3,25(29)20(28)2)16-21-10-8-7-9-11-21/h7-11,19-20,22-24H,12-18H2,1-6H3/t19-,20+,22-,23-,24?,26-,27+,28?/m1/s1. The summed E-state index contributed by atoms with van der Waals surface area (Å²) in [7, 11) is 3.53. The third-order valence-electron chi connectivity index (χ3n) is 9.97. The lowest BCUT2D eigenvalue weighted by Crippen LogP contribution is -2.63. The monoisotopic (exact) mass is 442 g/mol. The molecule has 0 saturated heterocycles. The van der Waals surface area contributed by atoms with E-state index < -0.39 is 5.41 Å². The van der Waals surface area contributed by atoms with Crippen molar-refractivity contribution in [2.75, 3.05) is 21.0 Å². The average Bonchev–Trinajstić information content (AvgIpc) is 3.19. The van der Waals surface area contributed by atoms with E-state index in [-0.39, 0.29) is 35.7 Å². The molecule has 8 atom stereocenters. The number of ketones is 1. The van der Waals surface area contributed by atoms with E-state index in [1.165, 1.54) is 5.56 Å². The maximum atomic E-state index is 14.3. The molecule has 0 radical (unpaired) electrons. The zero-order valence-electron chi connectivity index (χ0n) is 20.9. The molecule has 2 unspecified atom stereocenters. The molecule has 0 N–H and O–H groups in total. The van der Waals surface area contributed by atoms with Crippen molar-refractivity contribution >= 4 is 5.78 Å². The predicted molar refractivity (Wildman–Crippen MR) is 126 cm³/mol. The summed E-state index contributed by atoms with van der Waals surface area (Å²) in [6.07, 6.45) is 5.97. The van der Waals surface area contributed by atoms with Gasteiger partial charge in [-0.25, -0.2) is 0 Å². The first kappa shape index (κ1) is 23.9. The summed E-state index contributed by atoms with van der Waals surface area (Å²) in [5.41, 5.74) is 0.674. The number of ether oxygens (including phenoxy) is 3. The van der Waals surface area contributed by atoms with E-state index >= 15 is 0 Å². The molecule has 3 fully saturated rings. The molecule has 0 heterocycles. The average molecular weight is 443 g/mol. The maximum absolute atomic E-state index is 14.3. The fourth-order valence-electron chi connectivity index (χ4n) is 8.09. The molecule has 0 spiro atoms. The van der Waals surface area contributed by atoms with Gasteiger partial charge in [0.2, 0.25) is 0 Å². The fraction of sp³-hybridized carbons (Fsp3) is 0.750. The molecule has 3 aliphatic carbocycles. The fourth-order valence-corrected chi connectivity index (χ4v) is 8.09. The first-order chi connectivity index (χ1) is 15.2. The molecule has 0 amide bonds. The minimum atomic E-state index is -0.472. The second-order valence-corrected chi connectivity index (χ2v) is 11.4. The molecule has 1 aromatic rings. The zero-order valence-corrected chi connectivity index (χ0v) is 20.9. The number of carbonyl (C=O) groups excluding carboxylic acids is 1. The minimum Gasteiger partial charge on any atom is -0.381 e. The van der Waals surface area contributed by atoms with Crippen molar-refractivity contribution in [1.29, 1.82) is 0 Å². The van der Waals surface area contributed by atoms with E-state index in [1.54, 1.807) is 7.11 Å². The summed E-state index contributed by atoms with van der Waals surface area (Å²) in [4.78, 5) is 14.3. The number of Topliss-reactive ketones (excluding diaryl/α,β-unsaturated/α-hetero) is 1. The van der Waals surface area contributed by atoms with Gasteiger partial charge < -0.3 is 14.2 Å². The van der Waals surface area contributed by atoms with Crippen LogP contribution < -0.4 is 0 Å². The van der Waals surface area contributed by atoms with Gasteiger partial charge in [0, 0.05) is 31.0 Å². The van der Waals surface area contributed by atoms with Crippen LogP contribution in [0, 0.1) is 34.0 Å². The molecular formula is C28H42O4. The lowest BCUT2D eigenvalue weighted by atomic mass is 9.43. The Morgan fingerprint density at radius 2 is 1.72 bits per heavy atom. The van der Waals surface area contributed by atoms with Gasteiger partial charge in [-0.15, -0.1) is 0 Å². The van der Waals surface area contributed by atoms with Gasteiger partial charge in [-0.2, -0.15) is 0 Å². The second-order valence-electron chi connectivity index (χ2n) is 11.4. The summed E-state index contributed by atoms with van der Waals surface area (Å²) in [5, 5.41) is 0. The van der Waals surface area contributed by atoms with Crippen LogP contribution in [0.1, 0.15) is 65.4 Å². The minimum absolute atomic E-state index is 0.00787. The van der Waals surface area contributed by atoms with Gasteiger partial charge in [0.15, 0.2) is 0 Å². The highest BCUT2D eigenvalue weighted by Gasteiger charge is 2.68. The molecule has 4 heteroatoms. The van der Waals surface area contributed by atoms with E-state index in [0.717, 1.165) is 38.5 Å². The van der Waals surface area contributed by atoms with Crippen LogP contribution in [0.25, 0.3) is 0 Å². The van der Waals surface area contributed by atoms with Crippen molar-refractivity contribution in [1.82, 2.24) is 0 Å². The number of benzene rings is 1. The van der Waals surface area contributed by atoms with Gasteiger partial charge in [-0.05, 0) is 61.3 Å². The largest absolute Gasteiger partial charge is 0.381 e. The Kier molecular flexibility index (Phi) is 6.61. The lowest BCUT2D eigenvalue weighted by Gasteiger charge is -2.62. The van der Waals surface area contributed by atoms with E-state index in [2.05, 4.69) is 52.0 Å². The molecule has 1 aromatic carbocycles. The second kappa shape index (κ2) is 8.85. The summed E-state index contributed by atoms with van der Waals surface area (Å²) in [6, 6.07) is 10.5. The molecular weight excluding hydrogens is 400 g/mol. The van der Waals surface area contributed by atoms with Crippen LogP contribution in [0.3, 0.4) is 0 Å². The van der Waals surface area contributed by atoms with Crippen LogP contribution >= 0.6 is 0 Å². The topological polar surface area (TPSA) is 44.8 Å². The van der Waals surface area contributed by atoms with Crippen molar-refractivity contribution in [3.05, 3.63) is 35.9 Å². The Hall–Kier alpha value is -1.23. The number of rotatable bonds is 6. The first-order valence-electron chi connectivity index (χ1n) is 12.4. The van der Waals surface area contributed by atoms with E-state index in [9.17, 15) is 4.79 Å². The summed E-state index contributed by atoms with van der Waals surface area (Å²) < 4.78 is 18.0. The molecule has 32 heavy (non-hydrogen) atoms. The van der Waals surface area contributed by atoms with Crippen LogP contribution in [0.4, 0.5) is 0 Å². The third kappa shape index (κ3) is 3.58. The Morgan fingerprint density at radius 1 is 1.03 bits per heavy atom. The van der Waals surface area contributed by atoms with Crippen LogP contribution in [-0.4, -0.2) is 39.0 Å². The summed E-state index contributed by atoms with van der Waals surface area (Å²) in [6.45, 7) is 9.49. The molecule has 3 aliphatic rings. The normalized spacial score (nSPS) is 44.1. The molecule has 0 aromatic heterocycles. The number of methoxy groups -OCH3 is 2. The highest BCUT2D eigenvalue weighted by Crippen LogP contribution is 2.68. The Morgan fingerprint density at radius 3 is 2.38 bits per heavy atom. The summed E-state index contributed by atoms with van der Waals surface area (Å²) >= 11 is 0. The van der Waals surface area contributed by atoms with Gasteiger partial charge >= 0.3 is 0 Å². The molecule has 4 rings (SSSR count). The maximum Gasteiger partial charge on any atom is 0.146 e. The summed E-state index contributed by atoms with van der Waals surface area (Å²) in [5.74, 6) is 1.26. The quantitative estimate of drug-likeness (QED) is 0.532. The number of hydrogen-bond acceptors (Lipinski definition) is 4. The third-order valence-corrected chi connectivity index (χ3v) is 9.97. The van der Waals surface area contributed by atoms with E-state index in [0.29, 0.717) is 17.6 Å². The zero-order chi connectivity index (χ0) is 23.1. The van der Waals surface area contributed by atoms with Gasteiger partial charge in [0.1, 0.15) is 12.6 Å². The van der Waals surface area contributed by atoms with Crippen molar-refractivity contribution in [2.45, 2.75) is 78.4 Å². The molecule has 2 bridgehead atoms. The van der Waals surface area contributed by atoms with Crippen LogP contribution in [0.2, 0.25) is 0 Å². The van der Waals surface area contributed by atoms with Crippen molar-refractivity contribution in [2.24, 2.45) is 34.0 Å². The predicted octanol–water partition coefficient (Wildman–Crippen LogP) is 5.68. The van der Waals surface area contributed by atoms with Crippen molar-refractivity contribution in [3.63, 3.8) is 0 Å². The van der Waals surface area contributed by atoms with E-state index in [1.807, 2.05) is 13.2 Å². The molecule has 4 nitrogen and oxygen atoms in total. The Balaban J connectivity index is 1.84. The van der Waals surface area contributed by atoms with Gasteiger partial charge in [0.25, 0.3) is 0 Å². The van der Waals surface area contributed by atoms with Gasteiger partial charge in [-0.3, -0.25) is 4.79 Å². The Labute approximate surface area is 194 Å². The van der Waals surface area contributed by atoms with Crippen LogP contribution in [-0.2, 0) is 25.4 Å². The highest BCUT2D eigenvalue weighted by atomic mass is 16.7. The van der Waals surface area contributed by atoms with Gasteiger partial charge in [-0.1, -0.05) is 58.0 Å². The first-order valence-corrected chi connectivity index (χ1v) is 12.4. The molecule has 178 valence electrons. The lowest BCUT2D eigenvalue weighted by molar-refractivity contribution is -0.219. The molecule has 3 saturated carbocycles. The Bertz CT molecular complexity index is 809. The van der Waals surface area contributed by atoms with Crippen LogP contribution in [0.15, 0.2) is 30.3 Å². The molecule has 0 aliphatic heterocycles. The van der Waals surface area contributed by atoms with Crippen molar-refractivity contribution < 1.29 is 19.0 Å². The highest BCUT2D eigenvalue weighted by molar-refractivity contribution is 5.88. The number of hydrogen-bond donors (Lipinski definition) is 0. The SMILES string of the molecule is COCO[C@@H]1C[C@@](C)(Cc2ccccc2)C(=O)[C@H](C)C23CC[C@@H](C)[C@]1(C)C2[C@H](OC)CC3. The van der Waals surface area contributed by atoms with E-state index in [4.69, 9.17) is 14.2 Å². The smallest absolute Gasteiger partial charge is 0.146 e. The van der Waals surface area contributed by atoms with Crippen molar-refractivity contribution in [3.8, 4) is 0 Å². The van der Waals surface area contributed by atoms with Crippen LogP contribution in [0.5, 0.6) is 0 Å².